The molecule has 0 aromatic heterocycles. The number of methoxy groups -OCH3 is 1. The first-order valence-electron chi connectivity index (χ1n) is 5.04. The molecule has 0 amide bonds. The first kappa shape index (κ1) is 12.8. The van der Waals surface area contributed by atoms with E-state index in [0.717, 1.165) is 18.6 Å². The van der Waals surface area contributed by atoms with Gasteiger partial charge in [0.2, 0.25) is 0 Å². The van der Waals surface area contributed by atoms with Crippen molar-refractivity contribution in [2.75, 3.05) is 25.2 Å². The summed E-state index contributed by atoms with van der Waals surface area (Å²) in [6.45, 7) is 0.346. The Kier molecular flexibility index (Phi) is 4.89. The van der Waals surface area contributed by atoms with E-state index in [1.807, 2.05) is 0 Å². The van der Waals surface area contributed by atoms with Crippen molar-refractivity contribution in [3.05, 3.63) is 0 Å². The Morgan fingerprint density at radius 1 is 1.60 bits per heavy atom. The van der Waals surface area contributed by atoms with E-state index in [1.54, 1.807) is 18.9 Å². The van der Waals surface area contributed by atoms with Crippen molar-refractivity contribution in [3.8, 4) is 0 Å². The zero-order chi connectivity index (χ0) is 11.3. The summed E-state index contributed by atoms with van der Waals surface area (Å²) >= 11 is 1.62. The minimum absolute atomic E-state index is 0.0172. The lowest BCUT2D eigenvalue weighted by Gasteiger charge is -2.13. The van der Waals surface area contributed by atoms with Gasteiger partial charge in [-0.15, -0.1) is 0 Å². The molecule has 0 aromatic rings. The second-order valence-corrected chi connectivity index (χ2v) is 5.23. The molecule has 2 N–H and O–H groups in total. The van der Waals surface area contributed by atoms with E-state index in [-0.39, 0.29) is 11.8 Å². The van der Waals surface area contributed by atoms with Gasteiger partial charge < -0.3 is 14.9 Å². The number of aliphatic hydroxyl groups excluding tert-OH is 1. The Balaban J connectivity index is 2.12. The van der Waals surface area contributed by atoms with E-state index < -0.39 is 12.1 Å². The zero-order valence-electron chi connectivity index (χ0n) is 8.94. The largest absolute Gasteiger partial charge is 0.481 e. The molecule has 0 radical (unpaired) electrons. The average Bonchev–Trinajstić information content (AvgIpc) is 2.84. The standard InChI is InChI=1S/C10H18O4S/c1-14-5-8(11)6-15-7-10(2-3-10)4-9(12)13/h8,11H,2-7H2,1H3,(H,12,13). The minimum Gasteiger partial charge on any atom is -0.481 e. The predicted octanol–water partition coefficient (Wildman–Crippen LogP) is 0.982. The van der Waals surface area contributed by atoms with Gasteiger partial charge >= 0.3 is 5.97 Å². The molecule has 15 heavy (non-hydrogen) atoms. The molecule has 0 saturated heterocycles. The van der Waals surface area contributed by atoms with Crippen molar-refractivity contribution in [1.29, 1.82) is 0 Å². The molecule has 0 bridgehead atoms. The fourth-order valence-corrected chi connectivity index (χ4v) is 2.83. The molecule has 1 saturated carbocycles. The Hall–Kier alpha value is -0.260. The van der Waals surface area contributed by atoms with Crippen LogP contribution in [0.5, 0.6) is 0 Å². The van der Waals surface area contributed by atoms with E-state index in [0.29, 0.717) is 12.4 Å². The summed E-state index contributed by atoms with van der Waals surface area (Å²) < 4.78 is 4.81. The smallest absolute Gasteiger partial charge is 0.303 e. The van der Waals surface area contributed by atoms with Crippen molar-refractivity contribution >= 4 is 17.7 Å². The molecule has 4 nitrogen and oxygen atoms in total. The van der Waals surface area contributed by atoms with Crippen LogP contribution in [-0.2, 0) is 9.53 Å². The number of rotatable bonds is 8. The summed E-state index contributed by atoms with van der Waals surface area (Å²) in [6.07, 6.45) is 1.83. The van der Waals surface area contributed by atoms with Crippen LogP contribution >= 0.6 is 11.8 Å². The molecule has 1 rings (SSSR count). The average molecular weight is 234 g/mol. The maximum Gasteiger partial charge on any atom is 0.303 e. The molecular weight excluding hydrogens is 216 g/mol. The van der Waals surface area contributed by atoms with E-state index in [9.17, 15) is 9.90 Å². The molecule has 1 aliphatic carbocycles. The van der Waals surface area contributed by atoms with Gasteiger partial charge in [-0.2, -0.15) is 11.8 Å². The van der Waals surface area contributed by atoms with E-state index >= 15 is 0 Å². The molecule has 1 atom stereocenters. The molecule has 1 aliphatic rings. The molecular formula is C10H18O4S. The van der Waals surface area contributed by atoms with Crippen LogP contribution in [0.4, 0.5) is 0 Å². The van der Waals surface area contributed by atoms with Crippen molar-refractivity contribution < 1.29 is 19.7 Å². The lowest BCUT2D eigenvalue weighted by atomic mass is 10.1. The zero-order valence-corrected chi connectivity index (χ0v) is 9.76. The summed E-state index contributed by atoms with van der Waals surface area (Å²) in [7, 11) is 1.56. The summed E-state index contributed by atoms with van der Waals surface area (Å²) in [6, 6.07) is 0. The molecule has 88 valence electrons. The number of carboxylic acid groups (broad SMARTS) is 1. The highest BCUT2D eigenvalue weighted by atomic mass is 32.2. The Morgan fingerprint density at radius 3 is 2.73 bits per heavy atom. The fourth-order valence-electron chi connectivity index (χ4n) is 1.52. The number of ether oxygens (including phenoxy) is 1. The minimum atomic E-state index is -0.717. The molecule has 1 unspecified atom stereocenters. The third-order valence-corrected chi connectivity index (χ3v) is 4.00. The van der Waals surface area contributed by atoms with E-state index in [2.05, 4.69) is 0 Å². The Morgan fingerprint density at radius 2 is 2.27 bits per heavy atom. The summed E-state index contributed by atoms with van der Waals surface area (Å²) in [4.78, 5) is 10.6. The van der Waals surface area contributed by atoms with Gasteiger partial charge in [0.25, 0.3) is 0 Å². The molecule has 0 heterocycles. The van der Waals surface area contributed by atoms with Gasteiger partial charge in [-0.1, -0.05) is 0 Å². The van der Waals surface area contributed by atoms with E-state index in [4.69, 9.17) is 9.84 Å². The van der Waals surface area contributed by atoms with Crippen LogP contribution in [0.1, 0.15) is 19.3 Å². The van der Waals surface area contributed by atoms with Crippen molar-refractivity contribution in [2.24, 2.45) is 5.41 Å². The number of hydrogen-bond acceptors (Lipinski definition) is 4. The SMILES string of the molecule is COCC(O)CSCC1(CC(=O)O)CC1. The molecule has 1 fully saturated rings. The van der Waals surface area contributed by atoms with E-state index in [1.165, 1.54) is 0 Å². The van der Waals surface area contributed by atoms with Gasteiger partial charge in [-0.3, -0.25) is 4.79 Å². The van der Waals surface area contributed by atoms with Crippen LogP contribution in [0.3, 0.4) is 0 Å². The number of carboxylic acids is 1. The molecule has 5 heteroatoms. The predicted molar refractivity (Wildman–Crippen MR) is 59.1 cm³/mol. The first-order valence-corrected chi connectivity index (χ1v) is 6.20. The van der Waals surface area contributed by atoms with Gasteiger partial charge in [0, 0.05) is 12.9 Å². The molecule has 0 aromatic carbocycles. The number of aliphatic carboxylic acids is 1. The lowest BCUT2D eigenvalue weighted by Crippen LogP contribution is -2.19. The third kappa shape index (κ3) is 4.86. The second-order valence-electron chi connectivity index (χ2n) is 4.19. The van der Waals surface area contributed by atoms with Gasteiger partial charge in [0.1, 0.15) is 0 Å². The van der Waals surface area contributed by atoms with Crippen molar-refractivity contribution in [3.63, 3.8) is 0 Å². The lowest BCUT2D eigenvalue weighted by molar-refractivity contribution is -0.138. The second kappa shape index (κ2) is 5.72. The normalized spacial score (nSPS) is 19.9. The van der Waals surface area contributed by atoms with Crippen LogP contribution in [0.2, 0.25) is 0 Å². The quantitative estimate of drug-likeness (QED) is 0.655. The highest BCUT2D eigenvalue weighted by molar-refractivity contribution is 7.99. The van der Waals surface area contributed by atoms with Gasteiger partial charge in [-0.25, -0.2) is 0 Å². The first-order chi connectivity index (χ1) is 7.08. The highest BCUT2D eigenvalue weighted by Gasteiger charge is 2.44. The van der Waals surface area contributed by atoms with Crippen LogP contribution < -0.4 is 0 Å². The summed E-state index contributed by atoms with van der Waals surface area (Å²) in [5.41, 5.74) is 0.0172. The Bertz CT molecular complexity index is 215. The third-order valence-electron chi connectivity index (χ3n) is 2.56. The van der Waals surface area contributed by atoms with Crippen LogP contribution in [-0.4, -0.2) is 47.5 Å². The summed E-state index contributed by atoms with van der Waals surface area (Å²) in [5.74, 6) is 0.737. The van der Waals surface area contributed by atoms with Gasteiger partial charge in [-0.05, 0) is 24.0 Å². The number of carbonyl (C=O) groups is 1. The van der Waals surface area contributed by atoms with Gasteiger partial charge in [0.05, 0.1) is 19.1 Å². The van der Waals surface area contributed by atoms with Crippen LogP contribution in [0, 0.1) is 5.41 Å². The fraction of sp³-hybridized carbons (Fsp3) is 0.900. The molecule has 0 spiro atoms. The van der Waals surface area contributed by atoms with Crippen molar-refractivity contribution in [2.45, 2.75) is 25.4 Å². The summed E-state index contributed by atoms with van der Waals surface area (Å²) in [5, 5.41) is 18.1. The van der Waals surface area contributed by atoms with Crippen LogP contribution in [0.25, 0.3) is 0 Å². The molecule has 0 aliphatic heterocycles. The maximum absolute atomic E-state index is 10.6. The van der Waals surface area contributed by atoms with Crippen molar-refractivity contribution in [1.82, 2.24) is 0 Å². The topological polar surface area (TPSA) is 66.8 Å². The number of thioether (sulfide) groups is 1. The maximum atomic E-state index is 10.6. The Labute approximate surface area is 94.0 Å². The monoisotopic (exact) mass is 234 g/mol. The number of hydrogen-bond donors (Lipinski definition) is 2. The van der Waals surface area contributed by atoms with Crippen LogP contribution in [0.15, 0.2) is 0 Å². The van der Waals surface area contributed by atoms with Gasteiger partial charge in [0.15, 0.2) is 0 Å². The highest BCUT2D eigenvalue weighted by Crippen LogP contribution is 2.51. The number of aliphatic hydroxyl groups is 1.